The van der Waals surface area contributed by atoms with E-state index in [2.05, 4.69) is 27.9 Å². The molecule has 0 aliphatic heterocycles. The van der Waals surface area contributed by atoms with Crippen LogP contribution in [0.1, 0.15) is 10.4 Å². The van der Waals surface area contributed by atoms with Gasteiger partial charge in [-0.15, -0.1) is 0 Å². The lowest BCUT2D eigenvalue weighted by atomic mass is 10.1. The van der Waals surface area contributed by atoms with Gasteiger partial charge in [0.1, 0.15) is 0 Å². The fourth-order valence-corrected chi connectivity index (χ4v) is 1.88. The Morgan fingerprint density at radius 3 is 2.33 bits per heavy atom. The highest BCUT2D eigenvalue weighted by atomic mass is 127. The van der Waals surface area contributed by atoms with Gasteiger partial charge in [-0.05, 0) is 65.1 Å². The van der Waals surface area contributed by atoms with Crippen LogP contribution in [0.4, 0.5) is 17.1 Å². The Morgan fingerprint density at radius 2 is 1.72 bits per heavy atom. The van der Waals surface area contributed by atoms with Crippen molar-refractivity contribution in [2.45, 2.75) is 0 Å². The minimum atomic E-state index is -1.03. The molecule has 0 amide bonds. The highest BCUT2D eigenvalue weighted by Crippen LogP contribution is 2.22. The highest BCUT2D eigenvalue weighted by molar-refractivity contribution is 14.1. The van der Waals surface area contributed by atoms with E-state index in [1.807, 2.05) is 24.3 Å². The summed E-state index contributed by atoms with van der Waals surface area (Å²) in [6.07, 6.45) is 0. The van der Waals surface area contributed by atoms with Crippen molar-refractivity contribution in [2.24, 2.45) is 0 Å². The lowest BCUT2D eigenvalue weighted by Gasteiger charge is -2.08. The SMILES string of the molecule is Nc1ccc(Nc2ccc(I)cc2)cc1C(=O)O. The van der Waals surface area contributed by atoms with Gasteiger partial charge in [0.2, 0.25) is 0 Å². The number of hydrogen-bond acceptors (Lipinski definition) is 3. The van der Waals surface area contributed by atoms with Gasteiger partial charge in [-0.3, -0.25) is 0 Å². The van der Waals surface area contributed by atoms with E-state index in [9.17, 15) is 4.79 Å². The van der Waals surface area contributed by atoms with Crippen LogP contribution in [0.15, 0.2) is 42.5 Å². The van der Waals surface area contributed by atoms with Crippen molar-refractivity contribution >= 4 is 45.6 Å². The maximum Gasteiger partial charge on any atom is 0.337 e. The van der Waals surface area contributed by atoms with Crippen molar-refractivity contribution in [1.29, 1.82) is 0 Å². The molecule has 2 aromatic rings. The van der Waals surface area contributed by atoms with Crippen molar-refractivity contribution in [3.63, 3.8) is 0 Å². The molecule has 0 heterocycles. The van der Waals surface area contributed by atoms with Gasteiger partial charge < -0.3 is 16.2 Å². The molecule has 0 saturated heterocycles. The molecule has 0 unspecified atom stereocenters. The topological polar surface area (TPSA) is 75.3 Å². The maximum absolute atomic E-state index is 11.0. The van der Waals surface area contributed by atoms with E-state index in [1.165, 1.54) is 6.07 Å². The second kappa shape index (κ2) is 5.26. The molecule has 2 aromatic carbocycles. The Balaban J connectivity index is 2.27. The van der Waals surface area contributed by atoms with E-state index in [0.717, 1.165) is 9.26 Å². The van der Waals surface area contributed by atoms with Gasteiger partial charge in [-0.25, -0.2) is 4.79 Å². The van der Waals surface area contributed by atoms with E-state index in [1.54, 1.807) is 12.1 Å². The first-order valence-electron chi connectivity index (χ1n) is 5.21. The van der Waals surface area contributed by atoms with Crippen LogP contribution < -0.4 is 11.1 Å². The number of hydrogen-bond donors (Lipinski definition) is 3. The van der Waals surface area contributed by atoms with Crippen molar-refractivity contribution in [2.75, 3.05) is 11.1 Å². The Bertz CT molecular complexity index is 582. The first-order valence-corrected chi connectivity index (χ1v) is 6.29. The number of aromatic carboxylic acids is 1. The summed E-state index contributed by atoms with van der Waals surface area (Å²) in [6, 6.07) is 12.7. The minimum absolute atomic E-state index is 0.102. The molecule has 0 fully saturated rings. The zero-order valence-corrected chi connectivity index (χ0v) is 11.5. The van der Waals surface area contributed by atoms with Gasteiger partial charge >= 0.3 is 5.97 Å². The summed E-state index contributed by atoms with van der Waals surface area (Å²) in [5, 5.41) is 12.1. The Kier molecular flexibility index (Phi) is 3.71. The second-order valence-electron chi connectivity index (χ2n) is 3.74. The van der Waals surface area contributed by atoms with Gasteiger partial charge in [-0.1, -0.05) is 0 Å². The third kappa shape index (κ3) is 2.92. The lowest BCUT2D eigenvalue weighted by Crippen LogP contribution is -2.03. The van der Waals surface area contributed by atoms with Crippen LogP contribution in [-0.2, 0) is 0 Å². The summed E-state index contributed by atoms with van der Waals surface area (Å²) in [4.78, 5) is 11.0. The lowest BCUT2D eigenvalue weighted by molar-refractivity contribution is 0.0698. The first kappa shape index (κ1) is 12.7. The number of nitrogens with one attached hydrogen (secondary N) is 1. The van der Waals surface area contributed by atoms with E-state index < -0.39 is 5.97 Å². The number of carbonyl (C=O) groups is 1. The van der Waals surface area contributed by atoms with Crippen LogP contribution in [0, 0.1) is 3.57 Å². The normalized spacial score (nSPS) is 10.1. The van der Waals surface area contributed by atoms with E-state index in [0.29, 0.717) is 5.69 Å². The molecule has 0 atom stereocenters. The van der Waals surface area contributed by atoms with Crippen LogP contribution in [0.5, 0.6) is 0 Å². The monoisotopic (exact) mass is 354 g/mol. The quantitative estimate of drug-likeness (QED) is 0.584. The van der Waals surface area contributed by atoms with Crippen molar-refractivity contribution in [3.8, 4) is 0 Å². The van der Waals surface area contributed by atoms with Gasteiger partial charge in [0, 0.05) is 20.6 Å². The molecule has 92 valence electrons. The fourth-order valence-electron chi connectivity index (χ4n) is 1.52. The van der Waals surface area contributed by atoms with Crippen LogP contribution in [0.25, 0.3) is 0 Å². The van der Waals surface area contributed by atoms with E-state index in [-0.39, 0.29) is 11.3 Å². The molecule has 4 N–H and O–H groups in total. The predicted molar refractivity (Wildman–Crippen MR) is 80.3 cm³/mol. The molecule has 4 nitrogen and oxygen atoms in total. The Labute approximate surface area is 118 Å². The summed E-state index contributed by atoms with van der Waals surface area (Å²) in [7, 11) is 0. The first-order chi connectivity index (χ1) is 8.56. The number of nitrogens with two attached hydrogens (primary N) is 1. The molecular weight excluding hydrogens is 343 g/mol. The molecule has 0 bridgehead atoms. The molecular formula is C13H11IN2O2. The van der Waals surface area contributed by atoms with Gasteiger partial charge in [0.25, 0.3) is 0 Å². The third-order valence-corrected chi connectivity index (χ3v) is 3.14. The smallest absolute Gasteiger partial charge is 0.337 e. The molecule has 0 spiro atoms. The molecule has 2 rings (SSSR count). The molecule has 0 radical (unpaired) electrons. The van der Waals surface area contributed by atoms with Crippen molar-refractivity contribution in [1.82, 2.24) is 0 Å². The summed E-state index contributed by atoms with van der Waals surface area (Å²) >= 11 is 2.22. The summed E-state index contributed by atoms with van der Waals surface area (Å²) in [5.41, 5.74) is 7.55. The van der Waals surface area contributed by atoms with E-state index >= 15 is 0 Å². The number of benzene rings is 2. The number of carboxylic acid groups (broad SMARTS) is 1. The number of nitrogen functional groups attached to an aromatic ring is 1. The van der Waals surface area contributed by atoms with E-state index in [4.69, 9.17) is 10.8 Å². The molecule has 0 saturated carbocycles. The summed E-state index contributed by atoms with van der Waals surface area (Å²) in [6.45, 7) is 0. The predicted octanol–water partition coefficient (Wildman–Crippen LogP) is 3.32. The molecule has 0 aromatic heterocycles. The summed E-state index contributed by atoms with van der Waals surface area (Å²) in [5.74, 6) is -1.03. The Hall–Kier alpha value is -1.76. The van der Waals surface area contributed by atoms with Crippen molar-refractivity contribution < 1.29 is 9.90 Å². The largest absolute Gasteiger partial charge is 0.478 e. The standard InChI is InChI=1S/C13H11IN2O2/c14-8-1-3-9(4-2-8)16-10-5-6-12(15)11(7-10)13(17)18/h1-7,16H,15H2,(H,17,18). The minimum Gasteiger partial charge on any atom is -0.478 e. The number of anilines is 3. The number of carboxylic acids is 1. The number of halogens is 1. The van der Waals surface area contributed by atoms with Gasteiger partial charge in [0.15, 0.2) is 0 Å². The molecule has 0 aliphatic carbocycles. The van der Waals surface area contributed by atoms with Crippen LogP contribution in [-0.4, -0.2) is 11.1 Å². The average Bonchev–Trinajstić information content (AvgIpc) is 2.34. The van der Waals surface area contributed by atoms with Crippen LogP contribution >= 0.6 is 22.6 Å². The fraction of sp³-hybridized carbons (Fsp3) is 0. The van der Waals surface area contributed by atoms with Crippen molar-refractivity contribution in [3.05, 3.63) is 51.6 Å². The van der Waals surface area contributed by atoms with Gasteiger partial charge in [0.05, 0.1) is 5.56 Å². The number of rotatable bonds is 3. The Morgan fingerprint density at radius 1 is 1.11 bits per heavy atom. The zero-order valence-electron chi connectivity index (χ0n) is 9.35. The molecule has 0 aliphatic rings. The molecule has 18 heavy (non-hydrogen) atoms. The molecule has 5 heteroatoms. The third-order valence-electron chi connectivity index (χ3n) is 2.42. The van der Waals surface area contributed by atoms with Crippen LogP contribution in [0.3, 0.4) is 0 Å². The average molecular weight is 354 g/mol. The van der Waals surface area contributed by atoms with Crippen LogP contribution in [0.2, 0.25) is 0 Å². The zero-order chi connectivity index (χ0) is 13.1. The summed E-state index contributed by atoms with van der Waals surface area (Å²) < 4.78 is 1.14. The second-order valence-corrected chi connectivity index (χ2v) is 4.98. The maximum atomic E-state index is 11.0. The highest BCUT2D eigenvalue weighted by Gasteiger charge is 2.08. The van der Waals surface area contributed by atoms with Gasteiger partial charge in [-0.2, -0.15) is 0 Å².